The van der Waals surface area contributed by atoms with Gasteiger partial charge >= 0.3 is 0 Å². The fraction of sp³-hybridized carbons (Fsp3) is 0.476. The van der Waals surface area contributed by atoms with Gasteiger partial charge in [-0.2, -0.15) is 5.10 Å². The number of aromatic nitrogens is 2. The number of hydrogen-bond donors (Lipinski definition) is 3. The molecule has 4 N–H and O–H groups in total. The summed E-state index contributed by atoms with van der Waals surface area (Å²) in [6.07, 6.45) is 9.41. The molecule has 31 heavy (non-hydrogen) atoms. The third-order valence-electron chi connectivity index (χ3n) is 5.65. The number of nitrogens with two attached hydrogens (primary N) is 1. The van der Waals surface area contributed by atoms with Crippen molar-refractivity contribution in [1.82, 2.24) is 20.3 Å². The second kappa shape index (κ2) is 9.15. The highest BCUT2D eigenvalue weighted by atomic mass is 16.3. The monoisotopic (exact) mass is 425 g/mol. The molecular formula is C21H27N7O3. The molecule has 0 aromatic carbocycles. The summed E-state index contributed by atoms with van der Waals surface area (Å²) in [5, 5.41) is 11.7. The minimum absolute atomic E-state index is 0.113. The first kappa shape index (κ1) is 20.8. The molecule has 2 amide bonds. The number of amides is 2. The first-order valence-electron chi connectivity index (χ1n) is 10.6. The summed E-state index contributed by atoms with van der Waals surface area (Å²) >= 11 is 0. The van der Waals surface area contributed by atoms with E-state index in [1.54, 1.807) is 24.3 Å². The van der Waals surface area contributed by atoms with Crippen molar-refractivity contribution in [3.05, 3.63) is 30.3 Å². The predicted molar refractivity (Wildman–Crippen MR) is 115 cm³/mol. The van der Waals surface area contributed by atoms with E-state index in [9.17, 15) is 9.59 Å². The van der Waals surface area contributed by atoms with E-state index in [0.29, 0.717) is 18.4 Å². The Morgan fingerprint density at radius 2 is 2.10 bits per heavy atom. The summed E-state index contributed by atoms with van der Waals surface area (Å²) in [6, 6.07) is 3.05. The molecule has 3 heterocycles. The number of likely N-dealkylation sites (N-methyl/N-ethyl adjacent to an activating group) is 1. The van der Waals surface area contributed by atoms with E-state index in [-0.39, 0.29) is 11.4 Å². The van der Waals surface area contributed by atoms with Crippen LogP contribution in [0.15, 0.2) is 34.1 Å². The van der Waals surface area contributed by atoms with Crippen molar-refractivity contribution in [3.8, 4) is 11.5 Å². The Bertz CT molecular complexity index is 981. The zero-order valence-corrected chi connectivity index (χ0v) is 17.5. The summed E-state index contributed by atoms with van der Waals surface area (Å²) < 4.78 is 5.52. The number of rotatable bonds is 7. The molecule has 2 aromatic heterocycles. The smallest absolute Gasteiger partial charge is 0.273 e. The van der Waals surface area contributed by atoms with Gasteiger partial charge < -0.3 is 20.8 Å². The van der Waals surface area contributed by atoms with Crippen LogP contribution in [-0.2, 0) is 4.79 Å². The molecule has 1 fully saturated rings. The molecule has 10 heteroatoms. The Kier molecular flexibility index (Phi) is 6.15. The molecule has 10 nitrogen and oxygen atoms in total. The number of anilines is 1. The van der Waals surface area contributed by atoms with E-state index in [0.717, 1.165) is 17.9 Å². The number of nitrogens with one attached hydrogen (secondary N) is 2. The SMILES string of the molecule is CN1CC(NC(=O)c2coc(-c3ccnc(NCC4CCCCC4)c3)n2)C(C(N)=O)=N1. The van der Waals surface area contributed by atoms with E-state index in [1.165, 1.54) is 38.4 Å². The summed E-state index contributed by atoms with van der Waals surface area (Å²) in [7, 11) is 1.70. The Labute approximate surface area is 180 Å². The Hall–Kier alpha value is -3.43. The van der Waals surface area contributed by atoms with E-state index in [2.05, 4.69) is 25.7 Å². The first-order chi connectivity index (χ1) is 15.0. The van der Waals surface area contributed by atoms with Crippen molar-refractivity contribution in [3.63, 3.8) is 0 Å². The lowest BCUT2D eigenvalue weighted by Gasteiger charge is -2.21. The third kappa shape index (κ3) is 5.01. The average molecular weight is 425 g/mol. The van der Waals surface area contributed by atoms with Crippen LogP contribution in [0.3, 0.4) is 0 Å². The van der Waals surface area contributed by atoms with Crippen LogP contribution in [0.5, 0.6) is 0 Å². The molecule has 1 saturated carbocycles. The average Bonchev–Trinajstić information content (AvgIpc) is 3.40. The quantitative estimate of drug-likeness (QED) is 0.612. The van der Waals surface area contributed by atoms with Gasteiger partial charge in [0.25, 0.3) is 11.8 Å². The number of carbonyl (C=O) groups excluding carboxylic acids is 2. The van der Waals surface area contributed by atoms with Gasteiger partial charge in [-0.25, -0.2) is 9.97 Å². The Morgan fingerprint density at radius 1 is 1.29 bits per heavy atom. The van der Waals surface area contributed by atoms with E-state index < -0.39 is 17.9 Å². The molecule has 2 aliphatic rings. The van der Waals surface area contributed by atoms with E-state index in [4.69, 9.17) is 10.2 Å². The molecule has 164 valence electrons. The van der Waals surface area contributed by atoms with E-state index >= 15 is 0 Å². The number of nitrogens with zero attached hydrogens (tertiary/aromatic N) is 4. The fourth-order valence-corrected chi connectivity index (χ4v) is 4.02. The van der Waals surface area contributed by atoms with Gasteiger partial charge in [-0.05, 0) is 30.9 Å². The molecule has 2 aromatic rings. The van der Waals surface area contributed by atoms with Crippen molar-refractivity contribution in [2.75, 3.05) is 25.5 Å². The molecule has 1 aliphatic carbocycles. The van der Waals surface area contributed by atoms with Crippen LogP contribution >= 0.6 is 0 Å². The van der Waals surface area contributed by atoms with Gasteiger partial charge in [0.1, 0.15) is 17.8 Å². The van der Waals surface area contributed by atoms with Crippen LogP contribution in [0.25, 0.3) is 11.5 Å². The summed E-state index contributed by atoms with van der Waals surface area (Å²) in [5.74, 6) is 0.623. The predicted octanol–water partition coefficient (Wildman–Crippen LogP) is 1.61. The van der Waals surface area contributed by atoms with Crippen molar-refractivity contribution in [2.24, 2.45) is 16.8 Å². The van der Waals surface area contributed by atoms with E-state index in [1.807, 2.05) is 6.07 Å². The van der Waals surface area contributed by atoms with Gasteiger partial charge in [0.15, 0.2) is 5.69 Å². The van der Waals surface area contributed by atoms with Crippen LogP contribution in [0.2, 0.25) is 0 Å². The summed E-state index contributed by atoms with van der Waals surface area (Å²) in [5.41, 5.74) is 6.29. The molecule has 1 unspecified atom stereocenters. The Balaban J connectivity index is 1.39. The van der Waals surface area contributed by atoms with Crippen molar-refractivity contribution in [1.29, 1.82) is 0 Å². The molecule has 1 atom stereocenters. The molecular weight excluding hydrogens is 398 g/mol. The lowest BCUT2D eigenvalue weighted by molar-refractivity contribution is -0.112. The number of hydrazone groups is 1. The number of pyridine rings is 1. The maximum Gasteiger partial charge on any atom is 0.273 e. The highest BCUT2D eigenvalue weighted by Gasteiger charge is 2.31. The molecule has 0 spiro atoms. The topological polar surface area (TPSA) is 139 Å². The highest BCUT2D eigenvalue weighted by Crippen LogP contribution is 2.25. The van der Waals surface area contributed by atoms with Crippen molar-refractivity contribution >= 4 is 23.3 Å². The lowest BCUT2D eigenvalue weighted by Crippen LogP contribution is -2.46. The van der Waals surface area contributed by atoms with Crippen LogP contribution < -0.4 is 16.4 Å². The van der Waals surface area contributed by atoms with Gasteiger partial charge in [-0.3, -0.25) is 14.6 Å². The molecule has 4 rings (SSSR count). The van der Waals surface area contributed by atoms with Gasteiger partial charge in [0.2, 0.25) is 5.89 Å². The molecule has 0 bridgehead atoms. The number of hydrogen-bond acceptors (Lipinski definition) is 8. The van der Waals surface area contributed by atoms with Crippen LogP contribution in [-0.4, -0.2) is 58.7 Å². The molecule has 1 aliphatic heterocycles. The zero-order valence-electron chi connectivity index (χ0n) is 17.5. The standard InChI is InChI=1S/C21H27N7O3/c1-28-11-15(18(27-28)19(22)29)25-20(30)16-12-31-21(26-16)14-7-8-23-17(9-14)24-10-13-5-3-2-4-6-13/h7-9,12-13,15H,2-6,10-11H2,1H3,(H2,22,29)(H,23,24)(H,25,30). The summed E-state index contributed by atoms with van der Waals surface area (Å²) in [6.45, 7) is 1.25. The molecule has 0 saturated heterocycles. The minimum atomic E-state index is -0.666. The van der Waals surface area contributed by atoms with Gasteiger partial charge in [0, 0.05) is 25.4 Å². The van der Waals surface area contributed by atoms with Crippen LogP contribution in [0.4, 0.5) is 5.82 Å². The zero-order chi connectivity index (χ0) is 21.8. The lowest BCUT2D eigenvalue weighted by atomic mass is 9.89. The molecule has 0 radical (unpaired) electrons. The fourth-order valence-electron chi connectivity index (χ4n) is 4.02. The highest BCUT2D eigenvalue weighted by molar-refractivity contribution is 6.41. The van der Waals surface area contributed by atoms with Crippen LogP contribution in [0.1, 0.15) is 42.6 Å². The maximum atomic E-state index is 12.6. The second-order valence-corrected chi connectivity index (χ2v) is 8.07. The number of primary amides is 1. The number of carbonyl (C=O) groups is 2. The van der Waals surface area contributed by atoms with Crippen LogP contribution in [0, 0.1) is 5.92 Å². The Morgan fingerprint density at radius 3 is 2.87 bits per heavy atom. The normalized spacial score (nSPS) is 19.2. The first-order valence-corrected chi connectivity index (χ1v) is 10.6. The maximum absolute atomic E-state index is 12.6. The van der Waals surface area contributed by atoms with Gasteiger partial charge in [-0.1, -0.05) is 19.3 Å². The van der Waals surface area contributed by atoms with Gasteiger partial charge in [0.05, 0.1) is 12.6 Å². The number of oxazole rings is 1. The second-order valence-electron chi connectivity index (χ2n) is 8.07. The van der Waals surface area contributed by atoms with Crippen molar-refractivity contribution < 1.29 is 14.0 Å². The van der Waals surface area contributed by atoms with Crippen molar-refractivity contribution in [2.45, 2.75) is 38.1 Å². The largest absolute Gasteiger partial charge is 0.444 e. The third-order valence-corrected chi connectivity index (χ3v) is 5.65. The summed E-state index contributed by atoms with van der Waals surface area (Å²) in [4.78, 5) is 32.8. The minimum Gasteiger partial charge on any atom is -0.444 e. The van der Waals surface area contributed by atoms with Gasteiger partial charge in [-0.15, -0.1) is 0 Å².